The van der Waals surface area contributed by atoms with E-state index in [0.29, 0.717) is 24.3 Å². The molecule has 5 heteroatoms. The van der Waals surface area contributed by atoms with E-state index in [1.165, 1.54) is 32.1 Å². The van der Waals surface area contributed by atoms with Gasteiger partial charge in [-0.15, -0.1) is 0 Å². The maximum absolute atomic E-state index is 12.8. The molecule has 1 aliphatic heterocycles. The second-order valence-corrected chi connectivity index (χ2v) is 9.06. The van der Waals surface area contributed by atoms with Crippen LogP contribution in [0.2, 0.25) is 0 Å². The number of sulfonamides is 1. The lowest BCUT2D eigenvalue weighted by Crippen LogP contribution is -2.49. The first-order chi connectivity index (χ1) is 9.99. The third-order valence-corrected chi connectivity index (χ3v) is 7.09. The Labute approximate surface area is 130 Å². The molecule has 2 aliphatic rings. The Morgan fingerprint density at radius 3 is 2.29 bits per heavy atom. The summed E-state index contributed by atoms with van der Waals surface area (Å²) in [6.45, 7) is 5.68. The summed E-state index contributed by atoms with van der Waals surface area (Å²) in [6, 6.07) is 0.393. The van der Waals surface area contributed by atoms with Crippen molar-refractivity contribution in [2.24, 2.45) is 5.92 Å². The van der Waals surface area contributed by atoms with E-state index >= 15 is 0 Å². The third kappa shape index (κ3) is 5.22. The molecular weight excluding hydrogens is 284 g/mol. The first-order valence-corrected chi connectivity index (χ1v) is 10.3. The van der Waals surface area contributed by atoms with Crippen LogP contribution in [0.5, 0.6) is 0 Å². The van der Waals surface area contributed by atoms with Gasteiger partial charge in [0.1, 0.15) is 0 Å². The Morgan fingerprint density at radius 1 is 1.05 bits per heavy atom. The molecule has 0 aromatic rings. The maximum Gasteiger partial charge on any atom is 0.214 e. The van der Waals surface area contributed by atoms with Gasteiger partial charge in [-0.25, -0.2) is 8.42 Å². The average molecular weight is 317 g/mol. The van der Waals surface area contributed by atoms with Crippen LogP contribution in [0.1, 0.15) is 65.2 Å². The summed E-state index contributed by atoms with van der Waals surface area (Å²) in [5, 5.41) is 3.47. The molecule has 1 unspecified atom stereocenters. The van der Waals surface area contributed by atoms with E-state index in [2.05, 4.69) is 5.32 Å². The Hall–Kier alpha value is -0.130. The highest BCUT2D eigenvalue weighted by atomic mass is 32.2. The first-order valence-electron chi connectivity index (χ1n) is 8.72. The van der Waals surface area contributed by atoms with Gasteiger partial charge in [0.2, 0.25) is 10.0 Å². The first kappa shape index (κ1) is 17.2. The van der Waals surface area contributed by atoms with Crippen molar-refractivity contribution < 1.29 is 8.42 Å². The van der Waals surface area contributed by atoms with Gasteiger partial charge in [0.05, 0.1) is 5.75 Å². The summed E-state index contributed by atoms with van der Waals surface area (Å²) >= 11 is 0. The zero-order chi connectivity index (χ0) is 15.3. The van der Waals surface area contributed by atoms with Gasteiger partial charge in [-0.05, 0) is 52.0 Å². The van der Waals surface area contributed by atoms with Gasteiger partial charge in [0, 0.05) is 18.6 Å². The minimum Gasteiger partial charge on any atom is -0.313 e. The third-order valence-electron chi connectivity index (χ3n) is 4.92. The largest absolute Gasteiger partial charge is 0.313 e. The molecule has 4 nitrogen and oxygen atoms in total. The van der Waals surface area contributed by atoms with Crippen molar-refractivity contribution in [3.63, 3.8) is 0 Å². The molecule has 1 heterocycles. The standard InChI is InChI=1S/C16H32N2O2S/c1-14(2)18(12-16-10-6-7-11-17-16)21(19,20)13-15-8-4-3-5-9-15/h14-17H,3-13H2,1-2H3. The molecule has 2 rings (SSSR count). The maximum atomic E-state index is 12.8. The number of rotatable bonds is 6. The summed E-state index contributed by atoms with van der Waals surface area (Å²) in [6.07, 6.45) is 9.38. The van der Waals surface area contributed by atoms with Gasteiger partial charge in [0.25, 0.3) is 0 Å². The van der Waals surface area contributed by atoms with E-state index in [0.717, 1.165) is 25.8 Å². The zero-order valence-electron chi connectivity index (χ0n) is 13.7. The molecule has 1 saturated heterocycles. The molecule has 1 atom stereocenters. The van der Waals surface area contributed by atoms with Crippen molar-refractivity contribution in [2.45, 2.75) is 77.3 Å². The lowest BCUT2D eigenvalue weighted by Gasteiger charge is -2.33. The van der Waals surface area contributed by atoms with Crippen LogP contribution >= 0.6 is 0 Å². The van der Waals surface area contributed by atoms with Crippen LogP contribution in [-0.4, -0.2) is 43.6 Å². The average Bonchev–Trinajstić information content (AvgIpc) is 2.46. The Kier molecular flexibility index (Phi) is 6.51. The highest BCUT2D eigenvalue weighted by Crippen LogP contribution is 2.26. The second kappa shape index (κ2) is 7.93. The number of piperidine rings is 1. The quantitative estimate of drug-likeness (QED) is 0.820. The van der Waals surface area contributed by atoms with Gasteiger partial charge in [-0.2, -0.15) is 4.31 Å². The number of nitrogens with zero attached hydrogens (tertiary/aromatic N) is 1. The number of nitrogens with one attached hydrogen (secondary N) is 1. The predicted molar refractivity (Wildman–Crippen MR) is 87.8 cm³/mol. The van der Waals surface area contributed by atoms with Gasteiger partial charge in [0.15, 0.2) is 0 Å². The van der Waals surface area contributed by atoms with Crippen LogP contribution < -0.4 is 5.32 Å². The minimum atomic E-state index is -3.13. The molecule has 1 saturated carbocycles. The SMILES string of the molecule is CC(C)N(CC1CCCCN1)S(=O)(=O)CC1CCCCC1. The van der Waals surface area contributed by atoms with Crippen LogP contribution in [0.25, 0.3) is 0 Å². The summed E-state index contributed by atoms with van der Waals surface area (Å²) in [5.74, 6) is 0.738. The Morgan fingerprint density at radius 2 is 1.71 bits per heavy atom. The predicted octanol–water partition coefficient (Wildman–Crippen LogP) is 2.75. The molecule has 0 spiro atoms. The van der Waals surface area contributed by atoms with Crippen LogP contribution in [0, 0.1) is 5.92 Å². The van der Waals surface area contributed by atoms with Crippen LogP contribution in [0.4, 0.5) is 0 Å². The van der Waals surface area contributed by atoms with Gasteiger partial charge < -0.3 is 5.32 Å². The van der Waals surface area contributed by atoms with Crippen molar-refractivity contribution in [1.82, 2.24) is 9.62 Å². The van der Waals surface area contributed by atoms with Crippen LogP contribution in [-0.2, 0) is 10.0 Å². The summed E-state index contributed by atoms with van der Waals surface area (Å²) in [7, 11) is -3.13. The van der Waals surface area contributed by atoms with E-state index in [9.17, 15) is 8.42 Å². The topological polar surface area (TPSA) is 49.4 Å². The number of hydrogen-bond acceptors (Lipinski definition) is 3. The molecule has 1 N–H and O–H groups in total. The molecule has 0 radical (unpaired) electrons. The molecule has 0 aromatic carbocycles. The fraction of sp³-hybridized carbons (Fsp3) is 1.00. The normalized spacial score (nSPS) is 25.6. The molecule has 0 aromatic heterocycles. The second-order valence-electron chi connectivity index (χ2n) is 7.09. The minimum absolute atomic E-state index is 0.0577. The van der Waals surface area contributed by atoms with Crippen LogP contribution in [0.15, 0.2) is 0 Å². The highest BCUT2D eigenvalue weighted by molar-refractivity contribution is 7.89. The molecule has 124 valence electrons. The van der Waals surface area contributed by atoms with E-state index in [1.807, 2.05) is 13.8 Å². The van der Waals surface area contributed by atoms with Crippen molar-refractivity contribution in [3.05, 3.63) is 0 Å². The number of hydrogen-bond donors (Lipinski definition) is 1. The molecule has 2 fully saturated rings. The van der Waals surface area contributed by atoms with Crippen molar-refractivity contribution in [1.29, 1.82) is 0 Å². The summed E-state index contributed by atoms with van der Waals surface area (Å²) in [4.78, 5) is 0. The molecule has 1 aliphatic carbocycles. The van der Waals surface area contributed by atoms with Gasteiger partial charge in [-0.3, -0.25) is 0 Å². The summed E-state index contributed by atoms with van der Waals surface area (Å²) in [5.41, 5.74) is 0. The zero-order valence-corrected chi connectivity index (χ0v) is 14.5. The molecule has 0 amide bonds. The lowest BCUT2D eigenvalue weighted by molar-refractivity contribution is 0.278. The monoisotopic (exact) mass is 316 g/mol. The highest BCUT2D eigenvalue weighted by Gasteiger charge is 2.31. The van der Waals surface area contributed by atoms with Gasteiger partial charge >= 0.3 is 0 Å². The van der Waals surface area contributed by atoms with E-state index in [4.69, 9.17) is 0 Å². The molecule has 21 heavy (non-hydrogen) atoms. The Bertz CT molecular complexity index is 397. The molecular formula is C16H32N2O2S. The summed E-state index contributed by atoms with van der Waals surface area (Å²) < 4.78 is 27.4. The van der Waals surface area contributed by atoms with Crippen molar-refractivity contribution in [3.8, 4) is 0 Å². The Balaban J connectivity index is 1.97. The van der Waals surface area contributed by atoms with Gasteiger partial charge in [-0.1, -0.05) is 25.7 Å². The van der Waals surface area contributed by atoms with Crippen LogP contribution in [0.3, 0.4) is 0 Å². The van der Waals surface area contributed by atoms with Crippen molar-refractivity contribution >= 4 is 10.0 Å². The fourth-order valence-electron chi connectivity index (χ4n) is 3.69. The van der Waals surface area contributed by atoms with E-state index in [-0.39, 0.29) is 6.04 Å². The smallest absolute Gasteiger partial charge is 0.214 e. The lowest BCUT2D eigenvalue weighted by atomic mass is 9.91. The van der Waals surface area contributed by atoms with Crippen molar-refractivity contribution in [2.75, 3.05) is 18.8 Å². The molecule has 0 bridgehead atoms. The van der Waals surface area contributed by atoms with E-state index < -0.39 is 10.0 Å². The van der Waals surface area contributed by atoms with E-state index in [1.54, 1.807) is 4.31 Å². The fourth-order valence-corrected chi connectivity index (χ4v) is 5.86.